The van der Waals surface area contributed by atoms with Crippen molar-refractivity contribution in [3.63, 3.8) is 0 Å². The van der Waals surface area contributed by atoms with E-state index < -0.39 is 5.91 Å². The topological polar surface area (TPSA) is 83.0 Å². The number of hydrogen-bond donors (Lipinski definition) is 1. The standard InChI is InChI=1S/C18H17BrN4O2S/c1-2-25-15-9-7-14(8-10-15)23-17(12-3-5-13(19)6-4-12)21-22-18(23)26-11-16(20)24/h3-10H,2,11H2,1H3,(H2,20,24). The van der Waals surface area contributed by atoms with Gasteiger partial charge in [0.2, 0.25) is 5.91 Å². The van der Waals surface area contributed by atoms with Gasteiger partial charge in [-0.15, -0.1) is 10.2 Å². The average molecular weight is 433 g/mol. The normalized spacial score (nSPS) is 10.7. The first kappa shape index (κ1) is 18.5. The molecule has 1 amide bonds. The molecule has 0 unspecified atom stereocenters. The maximum Gasteiger partial charge on any atom is 0.227 e. The first-order valence-corrected chi connectivity index (χ1v) is 9.72. The number of hydrogen-bond acceptors (Lipinski definition) is 5. The van der Waals surface area contributed by atoms with E-state index in [0.29, 0.717) is 17.6 Å². The van der Waals surface area contributed by atoms with Crippen LogP contribution in [-0.2, 0) is 4.79 Å². The van der Waals surface area contributed by atoms with Gasteiger partial charge in [0.1, 0.15) is 5.75 Å². The summed E-state index contributed by atoms with van der Waals surface area (Å²) in [5.74, 6) is 1.21. The Balaban J connectivity index is 2.04. The van der Waals surface area contributed by atoms with Crippen molar-refractivity contribution in [2.45, 2.75) is 12.1 Å². The molecule has 0 saturated carbocycles. The highest BCUT2D eigenvalue weighted by molar-refractivity contribution is 9.10. The number of halogens is 1. The zero-order valence-electron chi connectivity index (χ0n) is 14.1. The summed E-state index contributed by atoms with van der Waals surface area (Å²) >= 11 is 4.70. The molecule has 26 heavy (non-hydrogen) atoms. The fourth-order valence-corrected chi connectivity index (χ4v) is 3.33. The molecule has 1 heterocycles. The Bertz CT molecular complexity index is 895. The van der Waals surface area contributed by atoms with E-state index in [0.717, 1.165) is 21.5 Å². The van der Waals surface area contributed by atoms with Gasteiger partial charge < -0.3 is 10.5 Å². The zero-order valence-corrected chi connectivity index (χ0v) is 16.5. The summed E-state index contributed by atoms with van der Waals surface area (Å²) in [7, 11) is 0. The molecule has 2 N–H and O–H groups in total. The van der Waals surface area contributed by atoms with Crippen LogP contribution in [-0.4, -0.2) is 33.0 Å². The van der Waals surface area contributed by atoms with Crippen molar-refractivity contribution in [3.8, 4) is 22.8 Å². The van der Waals surface area contributed by atoms with Crippen molar-refractivity contribution in [1.29, 1.82) is 0 Å². The molecule has 0 aliphatic heterocycles. The van der Waals surface area contributed by atoms with Crippen molar-refractivity contribution < 1.29 is 9.53 Å². The van der Waals surface area contributed by atoms with E-state index in [4.69, 9.17) is 10.5 Å². The number of thioether (sulfide) groups is 1. The van der Waals surface area contributed by atoms with Gasteiger partial charge in [0.15, 0.2) is 11.0 Å². The molecule has 0 atom stereocenters. The number of amides is 1. The Labute approximate surface area is 163 Å². The van der Waals surface area contributed by atoms with E-state index in [2.05, 4.69) is 26.1 Å². The van der Waals surface area contributed by atoms with Crippen molar-refractivity contribution in [2.75, 3.05) is 12.4 Å². The minimum absolute atomic E-state index is 0.134. The van der Waals surface area contributed by atoms with Gasteiger partial charge in [-0.05, 0) is 43.3 Å². The van der Waals surface area contributed by atoms with Crippen LogP contribution >= 0.6 is 27.7 Å². The molecule has 8 heteroatoms. The molecule has 1 aromatic heterocycles. The van der Waals surface area contributed by atoms with Gasteiger partial charge in [0.25, 0.3) is 0 Å². The molecule has 3 aromatic rings. The number of carbonyl (C=O) groups is 1. The molecule has 0 aliphatic carbocycles. The fourth-order valence-electron chi connectivity index (χ4n) is 2.38. The summed E-state index contributed by atoms with van der Waals surface area (Å²) < 4.78 is 8.40. The number of nitrogens with zero attached hydrogens (tertiary/aromatic N) is 3. The van der Waals surface area contributed by atoms with Gasteiger partial charge in [-0.25, -0.2) is 0 Å². The highest BCUT2D eigenvalue weighted by atomic mass is 79.9. The van der Waals surface area contributed by atoms with Gasteiger partial charge in [0.05, 0.1) is 12.4 Å². The highest BCUT2D eigenvalue weighted by Gasteiger charge is 2.17. The Hall–Kier alpha value is -2.32. The summed E-state index contributed by atoms with van der Waals surface area (Å²) in [4.78, 5) is 11.2. The van der Waals surface area contributed by atoms with E-state index in [1.54, 1.807) is 0 Å². The lowest BCUT2D eigenvalue weighted by molar-refractivity contribution is -0.115. The summed E-state index contributed by atoms with van der Waals surface area (Å²) in [5.41, 5.74) is 7.07. The van der Waals surface area contributed by atoms with Crippen LogP contribution in [0.4, 0.5) is 0 Å². The van der Waals surface area contributed by atoms with Crippen LogP contribution in [0, 0.1) is 0 Å². The summed E-state index contributed by atoms with van der Waals surface area (Å²) in [6.45, 7) is 2.55. The van der Waals surface area contributed by atoms with Crippen LogP contribution in [0.3, 0.4) is 0 Å². The minimum atomic E-state index is -0.401. The first-order valence-electron chi connectivity index (χ1n) is 7.94. The van der Waals surface area contributed by atoms with E-state index in [9.17, 15) is 4.79 Å². The van der Waals surface area contributed by atoms with Crippen LogP contribution in [0.5, 0.6) is 5.75 Å². The molecule has 0 saturated heterocycles. The van der Waals surface area contributed by atoms with Crippen molar-refractivity contribution in [2.24, 2.45) is 5.73 Å². The lowest BCUT2D eigenvalue weighted by atomic mass is 10.2. The smallest absolute Gasteiger partial charge is 0.227 e. The second-order valence-electron chi connectivity index (χ2n) is 5.33. The molecule has 3 rings (SSSR count). The number of primary amides is 1. The Morgan fingerprint density at radius 2 is 1.85 bits per heavy atom. The van der Waals surface area contributed by atoms with E-state index in [1.807, 2.05) is 60.0 Å². The molecule has 0 bridgehead atoms. The van der Waals surface area contributed by atoms with Gasteiger partial charge in [-0.3, -0.25) is 9.36 Å². The molecule has 2 aromatic carbocycles. The Kier molecular flexibility index (Phi) is 5.95. The summed E-state index contributed by atoms with van der Waals surface area (Å²) in [5, 5.41) is 9.17. The predicted molar refractivity (Wildman–Crippen MR) is 106 cm³/mol. The molecular formula is C18H17BrN4O2S. The quantitative estimate of drug-likeness (QED) is 0.575. The fraction of sp³-hybridized carbons (Fsp3) is 0.167. The molecule has 6 nitrogen and oxygen atoms in total. The van der Waals surface area contributed by atoms with Crippen molar-refractivity contribution in [3.05, 3.63) is 53.0 Å². The highest BCUT2D eigenvalue weighted by Crippen LogP contribution is 2.29. The number of benzene rings is 2. The number of aromatic nitrogens is 3. The molecule has 134 valence electrons. The third-order valence-electron chi connectivity index (χ3n) is 3.49. The van der Waals surface area contributed by atoms with Crippen LogP contribution in [0.1, 0.15) is 6.92 Å². The average Bonchev–Trinajstić information content (AvgIpc) is 3.05. The van der Waals surface area contributed by atoms with Crippen LogP contribution in [0.15, 0.2) is 58.2 Å². The van der Waals surface area contributed by atoms with E-state index in [-0.39, 0.29) is 5.75 Å². The first-order chi connectivity index (χ1) is 12.6. The SMILES string of the molecule is CCOc1ccc(-n2c(SCC(N)=O)nnc2-c2ccc(Br)cc2)cc1. The lowest BCUT2D eigenvalue weighted by Gasteiger charge is -2.11. The van der Waals surface area contributed by atoms with Gasteiger partial charge in [-0.2, -0.15) is 0 Å². The maximum absolute atomic E-state index is 11.2. The number of nitrogens with two attached hydrogens (primary N) is 1. The molecular weight excluding hydrogens is 416 g/mol. The summed E-state index contributed by atoms with van der Waals surface area (Å²) in [6, 6.07) is 15.5. The number of ether oxygens (including phenoxy) is 1. The van der Waals surface area contributed by atoms with Gasteiger partial charge in [-0.1, -0.05) is 39.8 Å². The second-order valence-corrected chi connectivity index (χ2v) is 7.19. The minimum Gasteiger partial charge on any atom is -0.494 e. The predicted octanol–water partition coefficient (Wildman–Crippen LogP) is 3.67. The van der Waals surface area contributed by atoms with E-state index in [1.165, 1.54) is 11.8 Å². The number of rotatable bonds is 7. The van der Waals surface area contributed by atoms with Crippen LogP contribution in [0.25, 0.3) is 17.1 Å². The largest absolute Gasteiger partial charge is 0.494 e. The molecule has 0 fully saturated rings. The van der Waals surface area contributed by atoms with Crippen molar-refractivity contribution >= 4 is 33.6 Å². The molecule has 0 spiro atoms. The second kappa shape index (κ2) is 8.37. The Morgan fingerprint density at radius 1 is 1.15 bits per heavy atom. The van der Waals surface area contributed by atoms with Crippen LogP contribution < -0.4 is 10.5 Å². The maximum atomic E-state index is 11.2. The lowest BCUT2D eigenvalue weighted by Crippen LogP contribution is -2.13. The third-order valence-corrected chi connectivity index (χ3v) is 4.97. The molecule has 0 aliphatic rings. The molecule has 0 radical (unpaired) electrons. The van der Waals surface area contributed by atoms with Gasteiger partial charge in [0, 0.05) is 15.7 Å². The monoisotopic (exact) mass is 432 g/mol. The van der Waals surface area contributed by atoms with Gasteiger partial charge >= 0.3 is 0 Å². The van der Waals surface area contributed by atoms with E-state index >= 15 is 0 Å². The van der Waals surface area contributed by atoms with Crippen molar-refractivity contribution in [1.82, 2.24) is 14.8 Å². The third kappa shape index (κ3) is 4.25. The Morgan fingerprint density at radius 3 is 2.46 bits per heavy atom. The summed E-state index contributed by atoms with van der Waals surface area (Å²) in [6.07, 6.45) is 0. The van der Waals surface area contributed by atoms with Crippen LogP contribution in [0.2, 0.25) is 0 Å². The number of carbonyl (C=O) groups excluding carboxylic acids is 1. The zero-order chi connectivity index (χ0) is 18.5.